The number of piperazine rings is 1. The summed E-state index contributed by atoms with van der Waals surface area (Å²) in [6.45, 7) is 10.7. The number of nitrogens with one attached hydrogen (secondary N) is 1. The van der Waals surface area contributed by atoms with E-state index in [0.717, 1.165) is 69.4 Å². The molecule has 0 aliphatic carbocycles. The first-order chi connectivity index (χ1) is 14.7. The molecule has 8 heteroatoms. The van der Waals surface area contributed by atoms with E-state index in [1.807, 2.05) is 30.1 Å². The molecule has 0 bridgehead atoms. The van der Waals surface area contributed by atoms with Crippen LogP contribution in [0.5, 0.6) is 5.75 Å². The maximum atomic E-state index is 12.5. The maximum absolute atomic E-state index is 12.5. The molecule has 0 aromatic heterocycles. The van der Waals surface area contributed by atoms with Gasteiger partial charge in [-0.25, -0.2) is 0 Å². The molecule has 31 heavy (non-hydrogen) atoms. The first kappa shape index (κ1) is 25.5. The third-order valence-corrected chi connectivity index (χ3v) is 5.72. The van der Waals surface area contributed by atoms with Gasteiger partial charge in [0.2, 0.25) is 5.91 Å². The second-order valence-corrected chi connectivity index (χ2v) is 7.81. The van der Waals surface area contributed by atoms with E-state index >= 15 is 0 Å². The zero-order valence-electron chi connectivity index (χ0n) is 18.6. The molecule has 1 aromatic carbocycles. The summed E-state index contributed by atoms with van der Waals surface area (Å²) in [5, 5.41) is 3.46. The fourth-order valence-electron chi connectivity index (χ4n) is 4.00. The highest BCUT2D eigenvalue weighted by Crippen LogP contribution is 2.18. The Kier molecular flexibility index (Phi) is 11.1. The van der Waals surface area contributed by atoms with Crippen LogP contribution in [-0.4, -0.2) is 86.0 Å². The van der Waals surface area contributed by atoms with Crippen molar-refractivity contribution in [3.05, 3.63) is 42.5 Å². The Balaban J connectivity index is 0.00000341. The quantitative estimate of drug-likeness (QED) is 0.249. The van der Waals surface area contributed by atoms with Gasteiger partial charge >= 0.3 is 0 Å². The lowest BCUT2D eigenvalue weighted by Gasteiger charge is -2.37. The Labute approximate surface area is 203 Å². The topological polar surface area (TPSA) is 60.4 Å². The van der Waals surface area contributed by atoms with Crippen molar-refractivity contribution in [3.63, 3.8) is 0 Å². The number of benzene rings is 1. The van der Waals surface area contributed by atoms with Crippen molar-refractivity contribution in [2.75, 3.05) is 59.5 Å². The number of guanidine groups is 1. The molecule has 7 nitrogen and oxygen atoms in total. The van der Waals surface area contributed by atoms with Gasteiger partial charge in [0.1, 0.15) is 12.4 Å². The lowest BCUT2D eigenvalue weighted by atomic mass is 10.1. The highest BCUT2D eigenvalue weighted by Gasteiger charge is 2.24. The Morgan fingerprint density at radius 3 is 2.48 bits per heavy atom. The SMILES string of the molecule is C=CCOc1ccccc1CNC(=NC)N1CCN(CC(=O)N2CCCCC2)CC1.I. The molecular formula is C23H36IN5O2. The summed E-state index contributed by atoms with van der Waals surface area (Å²) in [5.41, 5.74) is 1.09. The van der Waals surface area contributed by atoms with Crippen LogP contribution in [0.25, 0.3) is 0 Å². The average molecular weight is 541 g/mol. The molecule has 2 fully saturated rings. The molecule has 172 valence electrons. The first-order valence-electron chi connectivity index (χ1n) is 11.0. The molecule has 1 aromatic rings. The number of hydrogen-bond donors (Lipinski definition) is 1. The number of likely N-dealkylation sites (tertiary alicyclic amines) is 1. The van der Waals surface area contributed by atoms with Gasteiger partial charge in [0.05, 0.1) is 6.54 Å². The average Bonchev–Trinajstić information content (AvgIpc) is 2.80. The van der Waals surface area contributed by atoms with E-state index in [1.54, 1.807) is 6.08 Å². The fraction of sp³-hybridized carbons (Fsp3) is 0.565. The number of aliphatic imine (C=N–C) groups is 1. The van der Waals surface area contributed by atoms with Crippen LogP contribution < -0.4 is 10.1 Å². The minimum atomic E-state index is 0. The number of rotatable bonds is 7. The summed E-state index contributed by atoms with van der Waals surface area (Å²) in [6, 6.07) is 8.02. The highest BCUT2D eigenvalue weighted by molar-refractivity contribution is 14.0. The predicted molar refractivity (Wildman–Crippen MR) is 136 cm³/mol. The lowest BCUT2D eigenvalue weighted by Crippen LogP contribution is -2.54. The minimum Gasteiger partial charge on any atom is -0.489 e. The van der Waals surface area contributed by atoms with Crippen molar-refractivity contribution in [2.24, 2.45) is 4.99 Å². The van der Waals surface area contributed by atoms with Crippen molar-refractivity contribution in [2.45, 2.75) is 25.8 Å². The van der Waals surface area contributed by atoms with Crippen molar-refractivity contribution in [1.29, 1.82) is 0 Å². The van der Waals surface area contributed by atoms with E-state index in [2.05, 4.69) is 32.8 Å². The molecule has 0 unspecified atom stereocenters. The van der Waals surface area contributed by atoms with Crippen molar-refractivity contribution < 1.29 is 9.53 Å². The molecule has 2 saturated heterocycles. The van der Waals surface area contributed by atoms with Crippen molar-refractivity contribution in [3.8, 4) is 5.75 Å². The second kappa shape index (κ2) is 13.6. The number of halogens is 1. The summed E-state index contributed by atoms with van der Waals surface area (Å²) in [6.07, 6.45) is 5.28. The van der Waals surface area contributed by atoms with Crippen LogP contribution in [0.4, 0.5) is 0 Å². The van der Waals surface area contributed by atoms with E-state index < -0.39 is 0 Å². The van der Waals surface area contributed by atoms with Crippen LogP contribution in [0.1, 0.15) is 24.8 Å². The van der Waals surface area contributed by atoms with E-state index in [-0.39, 0.29) is 29.9 Å². The van der Waals surface area contributed by atoms with Crippen molar-refractivity contribution in [1.82, 2.24) is 20.0 Å². The first-order valence-corrected chi connectivity index (χ1v) is 11.0. The molecule has 0 atom stereocenters. The number of carbonyl (C=O) groups excluding carboxylic acids is 1. The van der Waals surface area contributed by atoms with Crippen LogP contribution in [-0.2, 0) is 11.3 Å². The number of carbonyl (C=O) groups is 1. The Hall–Kier alpha value is -1.81. The van der Waals surface area contributed by atoms with Gasteiger partial charge in [-0.15, -0.1) is 24.0 Å². The third-order valence-electron chi connectivity index (χ3n) is 5.72. The summed E-state index contributed by atoms with van der Waals surface area (Å²) in [5.74, 6) is 2.03. The summed E-state index contributed by atoms with van der Waals surface area (Å²) >= 11 is 0. The number of para-hydroxylation sites is 1. The molecule has 0 radical (unpaired) electrons. The zero-order chi connectivity index (χ0) is 21.2. The van der Waals surface area contributed by atoms with Gasteiger partial charge < -0.3 is 19.9 Å². The third kappa shape index (κ3) is 7.68. The Morgan fingerprint density at radius 1 is 1.10 bits per heavy atom. The van der Waals surface area contributed by atoms with Crippen LogP contribution in [0.2, 0.25) is 0 Å². The summed E-state index contributed by atoms with van der Waals surface area (Å²) in [7, 11) is 1.81. The Bertz CT molecular complexity index is 728. The normalized spacial score (nSPS) is 17.6. The van der Waals surface area contributed by atoms with Gasteiger partial charge in [-0.05, 0) is 25.3 Å². The fourth-order valence-corrected chi connectivity index (χ4v) is 4.00. The van der Waals surface area contributed by atoms with Crippen LogP contribution in [0.3, 0.4) is 0 Å². The minimum absolute atomic E-state index is 0. The van der Waals surface area contributed by atoms with Gasteiger partial charge in [-0.1, -0.05) is 30.9 Å². The predicted octanol–water partition coefficient (Wildman–Crippen LogP) is 2.57. The lowest BCUT2D eigenvalue weighted by molar-refractivity contribution is -0.133. The van der Waals surface area contributed by atoms with Gasteiger partial charge in [-0.3, -0.25) is 14.7 Å². The summed E-state index contributed by atoms with van der Waals surface area (Å²) in [4.78, 5) is 23.5. The van der Waals surface area contributed by atoms with E-state index in [9.17, 15) is 4.79 Å². The van der Waals surface area contributed by atoms with Gasteiger partial charge in [-0.2, -0.15) is 0 Å². The van der Waals surface area contributed by atoms with Crippen LogP contribution >= 0.6 is 24.0 Å². The van der Waals surface area contributed by atoms with E-state index in [0.29, 0.717) is 19.7 Å². The van der Waals surface area contributed by atoms with Gasteiger partial charge in [0, 0.05) is 58.4 Å². The number of hydrogen-bond acceptors (Lipinski definition) is 4. The van der Waals surface area contributed by atoms with Crippen LogP contribution in [0, 0.1) is 0 Å². The van der Waals surface area contributed by atoms with E-state index in [1.165, 1.54) is 6.42 Å². The smallest absolute Gasteiger partial charge is 0.236 e. The Morgan fingerprint density at radius 2 is 1.81 bits per heavy atom. The van der Waals surface area contributed by atoms with E-state index in [4.69, 9.17) is 4.74 Å². The molecule has 2 heterocycles. The summed E-state index contributed by atoms with van der Waals surface area (Å²) < 4.78 is 5.74. The van der Waals surface area contributed by atoms with Gasteiger partial charge in [0.15, 0.2) is 5.96 Å². The molecule has 1 amide bonds. The monoisotopic (exact) mass is 541 g/mol. The van der Waals surface area contributed by atoms with Gasteiger partial charge in [0.25, 0.3) is 0 Å². The largest absolute Gasteiger partial charge is 0.489 e. The number of ether oxygens (including phenoxy) is 1. The highest BCUT2D eigenvalue weighted by atomic mass is 127. The number of nitrogens with zero attached hydrogens (tertiary/aromatic N) is 4. The molecule has 0 saturated carbocycles. The molecule has 2 aliphatic rings. The molecule has 3 rings (SSSR count). The van der Waals surface area contributed by atoms with Crippen molar-refractivity contribution >= 4 is 35.8 Å². The zero-order valence-corrected chi connectivity index (χ0v) is 20.9. The van der Waals surface area contributed by atoms with Crippen LogP contribution in [0.15, 0.2) is 41.9 Å². The molecule has 0 spiro atoms. The number of amides is 1. The number of piperidine rings is 1. The molecule has 1 N–H and O–H groups in total. The molecular weight excluding hydrogens is 505 g/mol. The standard InChI is InChI=1S/C23H35N5O2.HI/c1-3-17-30-21-10-6-5-9-20(21)18-25-23(24-2)28-15-13-26(14-16-28)19-22(29)27-11-7-4-8-12-27;/h3,5-6,9-10H,1,4,7-8,11-19H2,2H3,(H,24,25);1H. The second-order valence-electron chi connectivity index (χ2n) is 7.81. The molecule has 2 aliphatic heterocycles. The maximum Gasteiger partial charge on any atom is 0.236 e.